The van der Waals surface area contributed by atoms with E-state index in [0.29, 0.717) is 5.65 Å². The Morgan fingerprint density at radius 1 is 1.26 bits per heavy atom. The summed E-state index contributed by atoms with van der Waals surface area (Å²) in [5.74, 6) is 0.785. The van der Waals surface area contributed by atoms with Crippen molar-refractivity contribution in [2.24, 2.45) is 0 Å². The Hall–Kier alpha value is -2.15. The molecular weight excluding hydrogens is 242 g/mol. The molecule has 7 nitrogen and oxygen atoms in total. The molecule has 19 heavy (non-hydrogen) atoms. The first kappa shape index (κ1) is 11.9. The van der Waals surface area contributed by atoms with E-state index in [4.69, 9.17) is 0 Å². The third-order valence-corrected chi connectivity index (χ3v) is 3.08. The lowest BCUT2D eigenvalue weighted by Gasteiger charge is -2.25. The molecule has 7 heteroatoms. The van der Waals surface area contributed by atoms with E-state index in [0.717, 1.165) is 44.1 Å². The van der Waals surface area contributed by atoms with Gasteiger partial charge >= 0.3 is 0 Å². The number of aromatic nitrogens is 4. The molecule has 0 radical (unpaired) electrons. The Morgan fingerprint density at radius 2 is 2.16 bits per heavy atom. The third kappa shape index (κ3) is 2.82. The van der Waals surface area contributed by atoms with Gasteiger partial charge in [0, 0.05) is 32.7 Å². The van der Waals surface area contributed by atoms with E-state index in [-0.39, 0.29) is 0 Å². The van der Waals surface area contributed by atoms with Gasteiger partial charge in [-0.25, -0.2) is 15.0 Å². The van der Waals surface area contributed by atoms with Gasteiger partial charge in [-0.2, -0.15) is 0 Å². The summed E-state index contributed by atoms with van der Waals surface area (Å²) in [6.45, 7) is 4.97. The summed E-state index contributed by atoms with van der Waals surface area (Å²) >= 11 is 0. The normalized spacial score (nSPS) is 16.3. The highest BCUT2D eigenvalue weighted by Crippen LogP contribution is 2.13. The van der Waals surface area contributed by atoms with Crippen molar-refractivity contribution in [3.05, 3.63) is 24.9 Å². The molecular formula is C12H17N7. The van der Waals surface area contributed by atoms with Crippen LogP contribution in [0.1, 0.15) is 0 Å². The van der Waals surface area contributed by atoms with E-state index in [9.17, 15) is 0 Å². The molecule has 2 aromatic rings. The number of anilines is 1. The van der Waals surface area contributed by atoms with Crippen LogP contribution >= 0.6 is 0 Å². The Morgan fingerprint density at radius 3 is 3.05 bits per heavy atom. The highest BCUT2D eigenvalue weighted by molar-refractivity contribution is 5.81. The zero-order valence-electron chi connectivity index (χ0n) is 10.6. The molecule has 2 aromatic heterocycles. The maximum atomic E-state index is 4.21. The molecule has 0 amide bonds. The minimum absolute atomic E-state index is 0.684. The average molecular weight is 259 g/mol. The third-order valence-electron chi connectivity index (χ3n) is 3.08. The quantitative estimate of drug-likeness (QED) is 0.727. The van der Waals surface area contributed by atoms with Crippen molar-refractivity contribution in [2.75, 3.05) is 38.0 Å². The SMILES string of the molecule is C(=CN1CCNCC1)CNc1ncnc2nc[nH]c12. The fourth-order valence-corrected chi connectivity index (χ4v) is 2.09. The lowest BCUT2D eigenvalue weighted by Crippen LogP contribution is -2.40. The number of aromatic amines is 1. The molecule has 3 N–H and O–H groups in total. The molecule has 3 heterocycles. The van der Waals surface area contributed by atoms with Crippen LogP contribution in [-0.2, 0) is 0 Å². The van der Waals surface area contributed by atoms with Gasteiger partial charge in [-0.15, -0.1) is 0 Å². The average Bonchev–Trinajstić information content (AvgIpc) is 2.94. The van der Waals surface area contributed by atoms with Crippen LogP contribution in [-0.4, -0.2) is 57.6 Å². The van der Waals surface area contributed by atoms with Gasteiger partial charge in [0.2, 0.25) is 0 Å². The van der Waals surface area contributed by atoms with Crippen LogP contribution in [0.5, 0.6) is 0 Å². The first-order valence-corrected chi connectivity index (χ1v) is 6.43. The monoisotopic (exact) mass is 259 g/mol. The van der Waals surface area contributed by atoms with Crippen LogP contribution < -0.4 is 10.6 Å². The summed E-state index contributed by atoms with van der Waals surface area (Å²) in [7, 11) is 0. The van der Waals surface area contributed by atoms with Gasteiger partial charge in [0.05, 0.1) is 6.33 Å². The Balaban J connectivity index is 1.57. The highest BCUT2D eigenvalue weighted by atomic mass is 15.2. The van der Waals surface area contributed by atoms with Crippen LogP contribution in [0.25, 0.3) is 11.2 Å². The molecule has 1 saturated heterocycles. The molecule has 0 aliphatic carbocycles. The number of H-pyrrole nitrogens is 1. The van der Waals surface area contributed by atoms with E-state index in [1.54, 1.807) is 6.33 Å². The summed E-state index contributed by atoms with van der Waals surface area (Å²) in [6, 6.07) is 0. The summed E-state index contributed by atoms with van der Waals surface area (Å²) in [5.41, 5.74) is 1.53. The van der Waals surface area contributed by atoms with Gasteiger partial charge in [0.1, 0.15) is 11.8 Å². The van der Waals surface area contributed by atoms with Crippen LogP contribution in [0.15, 0.2) is 24.9 Å². The Labute approximate surface area is 111 Å². The van der Waals surface area contributed by atoms with Gasteiger partial charge in [0.15, 0.2) is 11.5 Å². The van der Waals surface area contributed by atoms with Crippen molar-refractivity contribution in [1.82, 2.24) is 30.2 Å². The fourth-order valence-electron chi connectivity index (χ4n) is 2.09. The van der Waals surface area contributed by atoms with Crippen molar-refractivity contribution in [2.45, 2.75) is 0 Å². The zero-order chi connectivity index (χ0) is 12.9. The van der Waals surface area contributed by atoms with Gasteiger partial charge in [-0.05, 0) is 12.3 Å². The first-order valence-electron chi connectivity index (χ1n) is 6.43. The number of hydrogen-bond donors (Lipinski definition) is 3. The predicted octanol–water partition coefficient (Wildman–Crippen LogP) is 0.184. The highest BCUT2D eigenvalue weighted by Gasteiger charge is 2.05. The molecule has 100 valence electrons. The lowest BCUT2D eigenvalue weighted by atomic mass is 10.4. The molecule has 0 aromatic carbocycles. The predicted molar refractivity (Wildman–Crippen MR) is 73.8 cm³/mol. The van der Waals surface area contributed by atoms with Crippen molar-refractivity contribution >= 4 is 17.0 Å². The topological polar surface area (TPSA) is 81.8 Å². The molecule has 0 saturated carbocycles. The van der Waals surface area contributed by atoms with E-state index < -0.39 is 0 Å². The molecule has 3 rings (SSSR count). The number of fused-ring (bicyclic) bond motifs is 1. The first-order chi connectivity index (χ1) is 9.43. The van der Waals surface area contributed by atoms with E-state index in [2.05, 4.69) is 47.7 Å². The van der Waals surface area contributed by atoms with E-state index in [1.165, 1.54) is 6.33 Å². The molecule has 0 unspecified atom stereocenters. The number of piperazine rings is 1. The van der Waals surface area contributed by atoms with E-state index >= 15 is 0 Å². The van der Waals surface area contributed by atoms with Crippen molar-refractivity contribution in [3.63, 3.8) is 0 Å². The Kier molecular flexibility index (Phi) is 3.55. The summed E-state index contributed by atoms with van der Waals surface area (Å²) in [6.07, 6.45) is 7.39. The second kappa shape index (κ2) is 5.66. The van der Waals surface area contributed by atoms with Crippen LogP contribution in [0.4, 0.5) is 5.82 Å². The molecule has 1 aliphatic rings. The van der Waals surface area contributed by atoms with Crippen molar-refractivity contribution < 1.29 is 0 Å². The van der Waals surface area contributed by atoms with Crippen molar-refractivity contribution in [3.8, 4) is 0 Å². The van der Waals surface area contributed by atoms with Crippen LogP contribution in [0, 0.1) is 0 Å². The molecule has 0 spiro atoms. The molecule has 1 aliphatic heterocycles. The van der Waals surface area contributed by atoms with Crippen LogP contribution in [0.3, 0.4) is 0 Å². The minimum Gasteiger partial charge on any atom is -0.375 e. The van der Waals surface area contributed by atoms with Gasteiger partial charge in [-0.3, -0.25) is 0 Å². The zero-order valence-corrected chi connectivity index (χ0v) is 10.6. The maximum absolute atomic E-state index is 4.21. The second-order valence-corrected chi connectivity index (χ2v) is 4.38. The fraction of sp³-hybridized carbons (Fsp3) is 0.417. The van der Waals surface area contributed by atoms with Crippen molar-refractivity contribution in [1.29, 1.82) is 0 Å². The summed E-state index contributed by atoms with van der Waals surface area (Å²) in [5, 5.41) is 6.59. The smallest absolute Gasteiger partial charge is 0.182 e. The van der Waals surface area contributed by atoms with Gasteiger partial charge in [0.25, 0.3) is 0 Å². The lowest BCUT2D eigenvalue weighted by molar-refractivity contribution is 0.324. The Bertz CT molecular complexity index is 556. The second-order valence-electron chi connectivity index (χ2n) is 4.38. The number of hydrogen-bond acceptors (Lipinski definition) is 6. The molecule has 1 fully saturated rings. The molecule has 0 atom stereocenters. The summed E-state index contributed by atoms with van der Waals surface area (Å²) < 4.78 is 0. The van der Waals surface area contributed by atoms with E-state index in [1.807, 2.05) is 0 Å². The minimum atomic E-state index is 0.684. The van der Waals surface area contributed by atoms with Gasteiger partial charge < -0.3 is 20.5 Å². The molecule has 0 bridgehead atoms. The number of nitrogens with one attached hydrogen (secondary N) is 3. The number of nitrogens with zero attached hydrogens (tertiary/aromatic N) is 4. The van der Waals surface area contributed by atoms with Gasteiger partial charge in [-0.1, -0.05) is 0 Å². The number of imidazole rings is 1. The van der Waals surface area contributed by atoms with Crippen LogP contribution in [0.2, 0.25) is 0 Å². The largest absolute Gasteiger partial charge is 0.375 e. The number of rotatable bonds is 4. The standard InChI is InChI=1S/C12H17N7/c1(5-19-6-3-13-4-7-19)2-14-11-10-12(16-8-15-10)18-9-17-11/h1,5,8-9,13H,2-4,6-7H2,(H2,14,15,16,17,18). The maximum Gasteiger partial charge on any atom is 0.182 e. The summed E-state index contributed by atoms with van der Waals surface area (Å²) in [4.78, 5) is 17.7.